The van der Waals surface area contributed by atoms with Crippen LogP contribution in [-0.2, 0) is 0 Å². The molecule has 1 aliphatic rings. The number of nitrogens with two attached hydrogens (primary N) is 1. The largest absolute Gasteiger partial charge is 0.368 e. The topological polar surface area (TPSA) is 85.0 Å². The van der Waals surface area contributed by atoms with Crippen molar-refractivity contribution in [2.24, 2.45) is 0 Å². The van der Waals surface area contributed by atoms with Crippen LogP contribution in [0, 0.1) is 0 Å². The summed E-state index contributed by atoms with van der Waals surface area (Å²) in [6.07, 6.45) is 6.68. The molecule has 7 heteroatoms. The third-order valence-corrected chi connectivity index (χ3v) is 4.98. The second kappa shape index (κ2) is 7.32. The minimum Gasteiger partial charge on any atom is -0.368 e. The first-order valence-corrected chi connectivity index (χ1v) is 9.10. The molecule has 2 N–H and O–H groups in total. The molecule has 0 unspecified atom stereocenters. The number of hydrogen-bond donors (Lipinski definition) is 1. The first kappa shape index (κ1) is 17.4. The van der Waals surface area contributed by atoms with Crippen molar-refractivity contribution < 1.29 is 4.79 Å². The maximum Gasteiger partial charge on any atom is 0.255 e. The van der Waals surface area contributed by atoms with Crippen LogP contribution in [0.2, 0.25) is 5.02 Å². The molecule has 3 heterocycles. The van der Waals surface area contributed by atoms with E-state index in [9.17, 15) is 4.79 Å². The third kappa shape index (κ3) is 3.48. The predicted octanol–water partition coefficient (Wildman–Crippen LogP) is 3.75. The molecular weight excluding hydrogens is 362 g/mol. The summed E-state index contributed by atoms with van der Waals surface area (Å²) in [5, 5.41) is 0.658. The number of aromatic nitrogens is 3. The van der Waals surface area contributed by atoms with E-state index in [4.69, 9.17) is 17.3 Å². The minimum atomic E-state index is -0.159. The SMILES string of the molecule is Nc1ncc(-c2ccc(Cl)cc2)c([C@H]2CCCN2C(=O)c2cccnc2)n1. The predicted molar refractivity (Wildman–Crippen MR) is 104 cm³/mol. The van der Waals surface area contributed by atoms with Crippen LogP contribution in [0.5, 0.6) is 0 Å². The highest BCUT2D eigenvalue weighted by Crippen LogP contribution is 2.37. The van der Waals surface area contributed by atoms with Gasteiger partial charge in [0.25, 0.3) is 5.91 Å². The number of amides is 1. The van der Waals surface area contributed by atoms with E-state index in [2.05, 4.69) is 15.0 Å². The summed E-state index contributed by atoms with van der Waals surface area (Å²) < 4.78 is 0. The Morgan fingerprint density at radius 3 is 2.74 bits per heavy atom. The number of rotatable bonds is 3. The van der Waals surface area contributed by atoms with Crippen LogP contribution >= 0.6 is 11.6 Å². The van der Waals surface area contributed by atoms with Crippen molar-refractivity contribution in [1.82, 2.24) is 19.9 Å². The van der Waals surface area contributed by atoms with Crippen LogP contribution in [0.4, 0.5) is 5.95 Å². The number of anilines is 1. The fourth-order valence-corrected chi connectivity index (χ4v) is 3.59. The summed E-state index contributed by atoms with van der Waals surface area (Å²) >= 11 is 6.01. The quantitative estimate of drug-likeness (QED) is 0.749. The number of hydrogen-bond acceptors (Lipinski definition) is 5. The highest BCUT2D eigenvalue weighted by molar-refractivity contribution is 6.30. The van der Waals surface area contributed by atoms with Crippen molar-refractivity contribution in [2.45, 2.75) is 18.9 Å². The molecule has 27 heavy (non-hydrogen) atoms. The van der Waals surface area contributed by atoms with Gasteiger partial charge >= 0.3 is 0 Å². The fourth-order valence-electron chi connectivity index (χ4n) is 3.46. The van der Waals surface area contributed by atoms with Gasteiger partial charge in [0.15, 0.2) is 0 Å². The Labute approximate surface area is 162 Å². The molecule has 1 aromatic carbocycles. The van der Waals surface area contributed by atoms with E-state index >= 15 is 0 Å². The van der Waals surface area contributed by atoms with Crippen molar-refractivity contribution in [3.8, 4) is 11.1 Å². The monoisotopic (exact) mass is 379 g/mol. The molecule has 2 aromatic heterocycles. The molecule has 6 nitrogen and oxygen atoms in total. The number of likely N-dealkylation sites (tertiary alicyclic amines) is 1. The van der Waals surface area contributed by atoms with Crippen molar-refractivity contribution in [2.75, 3.05) is 12.3 Å². The Bertz CT molecular complexity index is 962. The molecule has 0 bridgehead atoms. The van der Waals surface area contributed by atoms with E-state index < -0.39 is 0 Å². The number of benzene rings is 1. The second-order valence-electron chi connectivity index (χ2n) is 6.43. The van der Waals surface area contributed by atoms with Crippen LogP contribution < -0.4 is 5.73 Å². The molecular formula is C20H18ClN5O. The lowest BCUT2D eigenvalue weighted by Crippen LogP contribution is -2.31. The van der Waals surface area contributed by atoms with Gasteiger partial charge in [0.1, 0.15) is 0 Å². The Balaban J connectivity index is 1.74. The van der Waals surface area contributed by atoms with Gasteiger partial charge in [-0.25, -0.2) is 9.97 Å². The van der Waals surface area contributed by atoms with Gasteiger partial charge in [-0.1, -0.05) is 23.7 Å². The van der Waals surface area contributed by atoms with Crippen LogP contribution in [0.1, 0.15) is 34.9 Å². The van der Waals surface area contributed by atoms with Crippen molar-refractivity contribution in [1.29, 1.82) is 0 Å². The number of carbonyl (C=O) groups excluding carboxylic acids is 1. The summed E-state index contributed by atoms with van der Waals surface area (Å²) in [5.74, 6) is 0.147. The molecule has 0 saturated carbocycles. The van der Waals surface area contributed by atoms with Gasteiger partial charge in [0, 0.05) is 35.7 Å². The van der Waals surface area contributed by atoms with Crippen LogP contribution in [0.15, 0.2) is 55.0 Å². The van der Waals surface area contributed by atoms with Gasteiger partial charge < -0.3 is 10.6 Å². The summed E-state index contributed by atoms with van der Waals surface area (Å²) in [4.78, 5) is 27.6. The van der Waals surface area contributed by atoms with Crippen molar-refractivity contribution in [3.63, 3.8) is 0 Å². The summed E-state index contributed by atoms with van der Waals surface area (Å²) in [6.45, 7) is 0.669. The lowest BCUT2D eigenvalue weighted by molar-refractivity contribution is 0.0733. The number of halogens is 1. The van der Waals surface area contributed by atoms with E-state index in [1.807, 2.05) is 29.2 Å². The van der Waals surface area contributed by atoms with Gasteiger partial charge in [-0.15, -0.1) is 0 Å². The molecule has 1 aliphatic heterocycles. The van der Waals surface area contributed by atoms with Crippen LogP contribution in [0.25, 0.3) is 11.1 Å². The van der Waals surface area contributed by atoms with E-state index in [0.29, 0.717) is 17.1 Å². The fraction of sp³-hybridized carbons (Fsp3) is 0.200. The molecule has 4 rings (SSSR count). The van der Waals surface area contributed by atoms with E-state index in [-0.39, 0.29) is 17.9 Å². The highest BCUT2D eigenvalue weighted by atomic mass is 35.5. The zero-order chi connectivity index (χ0) is 18.8. The third-order valence-electron chi connectivity index (χ3n) is 4.73. The summed E-state index contributed by atoms with van der Waals surface area (Å²) in [7, 11) is 0. The second-order valence-corrected chi connectivity index (χ2v) is 6.87. The van der Waals surface area contributed by atoms with Crippen molar-refractivity contribution in [3.05, 3.63) is 71.3 Å². The maximum atomic E-state index is 13.0. The van der Waals surface area contributed by atoms with E-state index in [0.717, 1.165) is 29.7 Å². The molecule has 0 spiro atoms. The van der Waals surface area contributed by atoms with Gasteiger partial charge in [0.2, 0.25) is 5.95 Å². The lowest BCUT2D eigenvalue weighted by Gasteiger charge is -2.26. The summed E-state index contributed by atoms with van der Waals surface area (Å²) in [5.41, 5.74) is 9.00. The van der Waals surface area contributed by atoms with E-state index in [1.54, 1.807) is 30.7 Å². The minimum absolute atomic E-state index is 0.0511. The Morgan fingerprint density at radius 2 is 2.00 bits per heavy atom. The van der Waals surface area contributed by atoms with E-state index in [1.165, 1.54) is 0 Å². The number of pyridine rings is 1. The van der Waals surface area contributed by atoms with Crippen LogP contribution in [-0.4, -0.2) is 32.3 Å². The average Bonchev–Trinajstić information content (AvgIpc) is 3.18. The Morgan fingerprint density at radius 1 is 1.19 bits per heavy atom. The molecule has 1 saturated heterocycles. The molecule has 3 aromatic rings. The number of nitrogen functional groups attached to an aromatic ring is 1. The summed E-state index contributed by atoms with van der Waals surface area (Å²) in [6, 6.07) is 10.9. The zero-order valence-corrected chi connectivity index (χ0v) is 15.3. The standard InChI is InChI=1S/C20H18ClN5O/c21-15-7-5-13(6-8-15)16-12-24-20(22)25-18(16)17-4-2-10-26(17)19(27)14-3-1-9-23-11-14/h1,3,5-9,11-12,17H,2,4,10H2,(H2,22,24,25)/t17-/m1/s1. The highest BCUT2D eigenvalue weighted by Gasteiger charge is 2.33. The van der Waals surface area contributed by atoms with Crippen molar-refractivity contribution >= 4 is 23.5 Å². The zero-order valence-electron chi connectivity index (χ0n) is 14.5. The lowest BCUT2D eigenvalue weighted by atomic mass is 9.99. The molecule has 1 atom stereocenters. The molecule has 0 aliphatic carbocycles. The molecule has 136 valence electrons. The average molecular weight is 380 g/mol. The smallest absolute Gasteiger partial charge is 0.255 e. The maximum absolute atomic E-state index is 13.0. The Kier molecular flexibility index (Phi) is 4.73. The first-order valence-electron chi connectivity index (χ1n) is 8.73. The molecule has 0 radical (unpaired) electrons. The first-order chi connectivity index (χ1) is 13.1. The molecule has 1 fully saturated rings. The van der Waals surface area contributed by atoms with Crippen LogP contribution in [0.3, 0.4) is 0 Å². The van der Waals surface area contributed by atoms with Gasteiger partial charge in [-0.3, -0.25) is 9.78 Å². The molecule has 1 amide bonds. The van der Waals surface area contributed by atoms with Gasteiger partial charge in [-0.05, 0) is 42.7 Å². The Hall–Kier alpha value is -2.99. The number of carbonyl (C=O) groups is 1. The van der Waals surface area contributed by atoms with Gasteiger partial charge in [-0.2, -0.15) is 0 Å². The number of nitrogens with zero attached hydrogens (tertiary/aromatic N) is 4. The normalized spacial score (nSPS) is 16.5. The van der Waals surface area contributed by atoms with Gasteiger partial charge in [0.05, 0.1) is 17.3 Å².